The molecule has 0 spiro atoms. The van der Waals surface area contributed by atoms with Crippen molar-refractivity contribution in [3.63, 3.8) is 0 Å². The molecule has 8 heteroatoms. The number of ether oxygens (including phenoxy) is 1. The van der Waals surface area contributed by atoms with Crippen molar-refractivity contribution in [3.05, 3.63) is 70.0 Å². The smallest absolute Gasteiger partial charge is 0.254 e. The summed E-state index contributed by atoms with van der Waals surface area (Å²) in [6.45, 7) is 3.06. The number of alkyl halides is 1. The first-order valence-corrected chi connectivity index (χ1v) is 13.0. The standard InChI is InChI=1S/C29H32FN5O2/c1-3-20-15-23(21-5-4-6-21)25(27-32-26(18-37-2)33-34-27)16-24(20)28(36)35-13-11-29(30,12-14-35)22-9-7-19(17-31)8-10-22/h7-10,15-16,21H,3-6,11-14,18H2,1-2H3,(H,32,33,34). The van der Waals surface area contributed by atoms with Gasteiger partial charge in [-0.05, 0) is 60.1 Å². The summed E-state index contributed by atoms with van der Waals surface area (Å²) in [5.74, 6) is 1.59. The van der Waals surface area contributed by atoms with Crippen molar-refractivity contribution >= 4 is 5.91 Å². The fourth-order valence-corrected chi connectivity index (χ4v) is 5.39. The van der Waals surface area contributed by atoms with Gasteiger partial charge in [-0.3, -0.25) is 9.89 Å². The highest BCUT2D eigenvalue weighted by Gasteiger charge is 2.38. The molecule has 2 heterocycles. The van der Waals surface area contributed by atoms with Crippen LogP contribution in [0.1, 0.15) is 83.4 Å². The summed E-state index contributed by atoms with van der Waals surface area (Å²) in [6.07, 6.45) is 4.63. The number of H-pyrrole nitrogens is 1. The van der Waals surface area contributed by atoms with Crippen LogP contribution in [0.4, 0.5) is 4.39 Å². The molecule has 1 saturated heterocycles. The molecule has 2 aliphatic rings. The van der Waals surface area contributed by atoms with Crippen LogP contribution in [0.2, 0.25) is 0 Å². The number of nitrogens with zero attached hydrogens (tertiary/aromatic N) is 4. The van der Waals surface area contributed by atoms with Gasteiger partial charge in [-0.2, -0.15) is 10.4 Å². The number of amides is 1. The molecule has 1 aliphatic heterocycles. The maximum atomic E-state index is 15.8. The van der Waals surface area contributed by atoms with Crippen molar-refractivity contribution in [3.8, 4) is 17.5 Å². The lowest BCUT2D eigenvalue weighted by Crippen LogP contribution is -2.43. The van der Waals surface area contributed by atoms with Gasteiger partial charge in [0.05, 0.1) is 11.6 Å². The maximum absolute atomic E-state index is 15.8. The quantitative estimate of drug-likeness (QED) is 0.466. The van der Waals surface area contributed by atoms with E-state index in [1.807, 2.05) is 6.07 Å². The largest absolute Gasteiger partial charge is 0.377 e. The van der Waals surface area contributed by atoms with Crippen molar-refractivity contribution in [2.75, 3.05) is 20.2 Å². The Morgan fingerprint density at radius 3 is 2.57 bits per heavy atom. The van der Waals surface area contributed by atoms with E-state index >= 15 is 4.39 Å². The molecule has 5 rings (SSSR count). The summed E-state index contributed by atoms with van der Waals surface area (Å²) < 4.78 is 21.0. The second-order valence-electron chi connectivity index (χ2n) is 10.1. The zero-order valence-corrected chi connectivity index (χ0v) is 21.4. The van der Waals surface area contributed by atoms with Crippen LogP contribution in [-0.4, -0.2) is 46.2 Å². The summed E-state index contributed by atoms with van der Waals surface area (Å²) in [5, 5.41) is 16.4. The molecule has 1 N–H and O–H groups in total. The number of hydrogen-bond acceptors (Lipinski definition) is 5. The average Bonchev–Trinajstić information content (AvgIpc) is 3.36. The minimum atomic E-state index is -1.51. The molecule has 0 atom stereocenters. The maximum Gasteiger partial charge on any atom is 0.254 e. The number of likely N-dealkylation sites (tertiary alicyclic amines) is 1. The monoisotopic (exact) mass is 501 g/mol. The Morgan fingerprint density at radius 1 is 1.24 bits per heavy atom. The van der Waals surface area contributed by atoms with Gasteiger partial charge in [-0.15, -0.1) is 0 Å². The van der Waals surface area contributed by atoms with E-state index in [1.165, 1.54) is 12.0 Å². The minimum absolute atomic E-state index is 0.0761. The molecule has 1 saturated carbocycles. The molecule has 7 nitrogen and oxygen atoms in total. The Hall–Kier alpha value is -3.57. The van der Waals surface area contributed by atoms with Crippen LogP contribution < -0.4 is 0 Å². The van der Waals surface area contributed by atoms with Gasteiger partial charge in [0.1, 0.15) is 12.3 Å². The number of carbonyl (C=O) groups excluding carboxylic acids is 1. The van der Waals surface area contributed by atoms with Gasteiger partial charge in [-0.25, -0.2) is 9.37 Å². The number of nitriles is 1. The number of piperidine rings is 1. The number of aromatic nitrogens is 3. The first kappa shape index (κ1) is 25.1. The van der Waals surface area contributed by atoms with E-state index in [4.69, 9.17) is 10.00 Å². The highest BCUT2D eigenvalue weighted by Crippen LogP contribution is 2.42. The summed E-state index contributed by atoms with van der Waals surface area (Å²) in [6, 6.07) is 12.9. The third-order valence-corrected chi connectivity index (χ3v) is 7.86. The Kier molecular flexibility index (Phi) is 7.07. The average molecular weight is 502 g/mol. The second kappa shape index (κ2) is 10.4. The molecule has 192 valence electrons. The van der Waals surface area contributed by atoms with E-state index in [-0.39, 0.29) is 18.7 Å². The lowest BCUT2D eigenvalue weighted by molar-refractivity contribution is 0.0420. The Labute approximate surface area is 216 Å². The van der Waals surface area contributed by atoms with Crippen molar-refractivity contribution in [2.45, 2.75) is 63.6 Å². The Morgan fingerprint density at radius 2 is 1.97 bits per heavy atom. The third kappa shape index (κ3) is 4.88. The van der Waals surface area contributed by atoms with Crippen LogP contribution in [0.15, 0.2) is 36.4 Å². The highest BCUT2D eigenvalue weighted by molar-refractivity contribution is 5.97. The molecule has 0 radical (unpaired) electrons. The summed E-state index contributed by atoms with van der Waals surface area (Å²) in [7, 11) is 1.61. The van der Waals surface area contributed by atoms with Gasteiger partial charge >= 0.3 is 0 Å². The highest BCUT2D eigenvalue weighted by atomic mass is 19.1. The van der Waals surface area contributed by atoms with Gasteiger partial charge in [-0.1, -0.05) is 31.5 Å². The predicted octanol–water partition coefficient (Wildman–Crippen LogP) is 5.42. The summed E-state index contributed by atoms with van der Waals surface area (Å²) >= 11 is 0. The minimum Gasteiger partial charge on any atom is -0.377 e. The Bertz CT molecular complexity index is 1320. The number of hydrogen-bond donors (Lipinski definition) is 1. The number of nitrogens with one attached hydrogen (secondary N) is 1. The van der Waals surface area contributed by atoms with Crippen molar-refractivity contribution in [2.24, 2.45) is 0 Å². The van der Waals surface area contributed by atoms with Gasteiger partial charge in [0.25, 0.3) is 5.91 Å². The van der Waals surface area contributed by atoms with E-state index in [0.717, 1.165) is 30.4 Å². The molecular weight excluding hydrogens is 469 g/mol. The van der Waals surface area contributed by atoms with Crippen LogP contribution in [0.3, 0.4) is 0 Å². The number of methoxy groups -OCH3 is 1. The topological polar surface area (TPSA) is 94.9 Å². The zero-order valence-electron chi connectivity index (χ0n) is 21.4. The molecule has 0 bridgehead atoms. The lowest BCUT2D eigenvalue weighted by atomic mass is 9.76. The van der Waals surface area contributed by atoms with Crippen LogP contribution in [-0.2, 0) is 23.4 Å². The van der Waals surface area contributed by atoms with Crippen molar-refractivity contribution in [1.82, 2.24) is 20.1 Å². The van der Waals surface area contributed by atoms with E-state index in [2.05, 4.69) is 34.2 Å². The normalized spacial score (nSPS) is 17.3. The van der Waals surface area contributed by atoms with E-state index in [9.17, 15) is 4.79 Å². The van der Waals surface area contributed by atoms with E-state index < -0.39 is 5.67 Å². The van der Waals surface area contributed by atoms with E-state index in [0.29, 0.717) is 54.0 Å². The first-order valence-electron chi connectivity index (χ1n) is 13.0. The molecule has 3 aromatic rings. The van der Waals surface area contributed by atoms with Crippen LogP contribution in [0.25, 0.3) is 11.4 Å². The van der Waals surface area contributed by atoms with Gasteiger partial charge in [0, 0.05) is 44.2 Å². The van der Waals surface area contributed by atoms with Crippen LogP contribution in [0.5, 0.6) is 0 Å². The molecule has 1 aromatic heterocycles. The molecule has 2 fully saturated rings. The number of aryl methyl sites for hydroxylation is 1. The lowest BCUT2D eigenvalue weighted by Gasteiger charge is -2.37. The second-order valence-corrected chi connectivity index (χ2v) is 10.1. The number of benzene rings is 2. The number of carbonyl (C=O) groups is 1. The van der Waals surface area contributed by atoms with Gasteiger partial charge in [0.15, 0.2) is 11.6 Å². The SMILES string of the molecule is CCc1cc(C2CCC2)c(-c2n[nH]c(COC)n2)cc1C(=O)N1CCC(F)(c2ccc(C#N)cc2)CC1. The Balaban J connectivity index is 1.41. The fourth-order valence-electron chi connectivity index (χ4n) is 5.39. The fraction of sp³-hybridized carbons (Fsp3) is 0.448. The zero-order chi connectivity index (χ0) is 26.0. The number of rotatable bonds is 7. The number of aromatic amines is 1. The van der Waals surface area contributed by atoms with Crippen molar-refractivity contribution in [1.29, 1.82) is 5.26 Å². The molecule has 2 aromatic carbocycles. The first-order chi connectivity index (χ1) is 18.0. The molecule has 37 heavy (non-hydrogen) atoms. The van der Waals surface area contributed by atoms with Crippen LogP contribution in [0, 0.1) is 11.3 Å². The van der Waals surface area contributed by atoms with Gasteiger partial charge in [0.2, 0.25) is 0 Å². The summed E-state index contributed by atoms with van der Waals surface area (Å²) in [4.78, 5) is 20.1. The summed E-state index contributed by atoms with van der Waals surface area (Å²) in [5.41, 5.74) is 3.30. The van der Waals surface area contributed by atoms with E-state index in [1.54, 1.807) is 36.3 Å². The molecule has 0 unspecified atom stereocenters. The molecule has 1 aliphatic carbocycles. The van der Waals surface area contributed by atoms with Crippen molar-refractivity contribution < 1.29 is 13.9 Å². The van der Waals surface area contributed by atoms with Gasteiger partial charge < -0.3 is 9.64 Å². The van der Waals surface area contributed by atoms with Crippen LogP contribution >= 0.6 is 0 Å². The molecule has 1 amide bonds. The molecular formula is C29H32FN5O2. The third-order valence-electron chi connectivity index (χ3n) is 7.86. The number of halogens is 1. The predicted molar refractivity (Wildman–Crippen MR) is 138 cm³/mol.